The van der Waals surface area contributed by atoms with Crippen LogP contribution in [0.15, 0.2) is 12.1 Å². The lowest BCUT2D eigenvalue weighted by Crippen LogP contribution is -2.27. The summed E-state index contributed by atoms with van der Waals surface area (Å²) in [4.78, 5) is 0. The molecule has 0 spiro atoms. The van der Waals surface area contributed by atoms with Crippen LogP contribution in [0.1, 0.15) is 42.7 Å². The number of nitrogens with two attached hydrogens (primary N) is 1. The maximum absolute atomic E-state index is 6.06. The zero-order valence-corrected chi connectivity index (χ0v) is 11.0. The van der Waals surface area contributed by atoms with Crippen LogP contribution in [0, 0.1) is 6.92 Å². The Hall–Kier alpha value is -1.22. The fourth-order valence-corrected chi connectivity index (χ4v) is 2.77. The number of nitrogen functional groups attached to an aromatic ring is 1. The summed E-state index contributed by atoms with van der Waals surface area (Å²) in [5.74, 6) is 1.56. The highest BCUT2D eigenvalue weighted by Gasteiger charge is 2.25. The van der Waals surface area contributed by atoms with E-state index in [2.05, 4.69) is 24.4 Å². The van der Waals surface area contributed by atoms with Gasteiger partial charge in [-0.2, -0.15) is 0 Å². The van der Waals surface area contributed by atoms with E-state index in [0.29, 0.717) is 12.0 Å². The molecule has 1 aliphatic carbocycles. The summed E-state index contributed by atoms with van der Waals surface area (Å²) in [5, 5.41) is 3.42. The summed E-state index contributed by atoms with van der Waals surface area (Å²) < 4.78 is 5.90. The van der Waals surface area contributed by atoms with Gasteiger partial charge in [0.2, 0.25) is 0 Å². The van der Waals surface area contributed by atoms with Crippen LogP contribution in [0.4, 0.5) is 5.69 Å². The third kappa shape index (κ3) is 2.46. The molecule has 1 aromatic rings. The van der Waals surface area contributed by atoms with Gasteiger partial charge in [0, 0.05) is 0 Å². The molecule has 98 valence electrons. The van der Waals surface area contributed by atoms with Gasteiger partial charge >= 0.3 is 0 Å². The highest BCUT2D eigenvalue weighted by Crippen LogP contribution is 2.36. The van der Waals surface area contributed by atoms with E-state index in [1.54, 1.807) is 0 Å². The number of anilines is 1. The van der Waals surface area contributed by atoms with Crippen molar-refractivity contribution in [3.8, 4) is 5.75 Å². The van der Waals surface area contributed by atoms with Crippen molar-refractivity contribution in [2.75, 3.05) is 18.8 Å². The number of hydrogen-bond donors (Lipinski definition) is 2. The Morgan fingerprint density at radius 2 is 1.89 bits per heavy atom. The van der Waals surface area contributed by atoms with Crippen LogP contribution in [-0.4, -0.2) is 19.2 Å². The molecular formula is C15H22N2O. The molecule has 0 aromatic heterocycles. The van der Waals surface area contributed by atoms with Gasteiger partial charge in [0.1, 0.15) is 5.75 Å². The van der Waals surface area contributed by atoms with E-state index >= 15 is 0 Å². The van der Waals surface area contributed by atoms with E-state index in [1.807, 2.05) is 0 Å². The minimum Gasteiger partial charge on any atom is -0.488 e. The second kappa shape index (κ2) is 4.81. The Kier molecular flexibility index (Phi) is 3.16. The van der Waals surface area contributed by atoms with Crippen LogP contribution in [0.5, 0.6) is 5.75 Å². The van der Waals surface area contributed by atoms with Gasteiger partial charge in [-0.25, -0.2) is 0 Å². The van der Waals surface area contributed by atoms with Crippen LogP contribution in [0.2, 0.25) is 0 Å². The van der Waals surface area contributed by atoms with E-state index < -0.39 is 0 Å². The summed E-state index contributed by atoms with van der Waals surface area (Å²) >= 11 is 0. The van der Waals surface area contributed by atoms with Gasteiger partial charge in [-0.3, -0.25) is 0 Å². The van der Waals surface area contributed by atoms with Crippen molar-refractivity contribution in [1.29, 1.82) is 0 Å². The van der Waals surface area contributed by atoms with Gasteiger partial charge in [0.25, 0.3) is 0 Å². The van der Waals surface area contributed by atoms with Crippen LogP contribution < -0.4 is 15.8 Å². The first kappa shape index (κ1) is 11.8. The molecule has 2 fully saturated rings. The van der Waals surface area contributed by atoms with Crippen molar-refractivity contribution in [3.05, 3.63) is 23.3 Å². The molecule has 3 rings (SSSR count). The second-order valence-electron chi connectivity index (χ2n) is 5.59. The van der Waals surface area contributed by atoms with Crippen LogP contribution >= 0.6 is 0 Å². The lowest BCUT2D eigenvalue weighted by Gasteiger charge is -2.25. The highest BCUT2D eigenvalue weighted by molar-refractivity contribution is 5.57. The molecular weight excluding hydrogens is 224 g/mol. The SMILES string of the molecule is Cc1cc(N)c(OC2CC2)cc1C1CCNCC1. The number of piperidine rings is 1. The monoisotopic (exact) mass is 246 g/mol. The van der Waals surface area contributed by atoms with E-state index in [1.165, 1.54) is 36.8 Å². The first-order valence-electron chi connectivity index (χ1n) is 7.01. The van der Waals surface area contributed by atoms with Gasteiger partial charge < -0.3 is 15.8 Å². The summed E-state index contributed by atoms with van der Waals surface area (Å²) in [6.45, 7) is 4.40. The van der Waals surface area contributed by atoms with Crippen LogP contribution in [0.25, 0.3) is 0 Å². The molecule has 1 saturated heterocycles. The Morgan fingerprint density at radius 1 is 1.17 bits per heavy atom. The molecule has 0 atom stereocenters. The molecule has 0 bridgehead atoms. The topological polar surface area (TPSA) is 47.3 Å². The smallest absolute Gasteiger partial charge is 0.142 e. The van der Waals surface area contributed by atoms with Crippen LogP contribution in [0.3, 0.4) is 0 Å². The third-order valence-electron chi connectivity index (χ3n) is 4.00. The molecule has 2 aliphatic rings. The van der Waals surface area contributed by atoms with Crippen molar-refractivity contribution < 1.29 is 4.74 Å². The molecule has 1 saturated carbocycles. The Balaban J connectivity index is 1.86. The quantitative estimate of drug-likeness (QED) is 0.806. The van der Waals surface area contributed by atoms with E-state index in [-0.39, 0.29) is 0 Å². The lowest BCUT2D eigenvalue weighted by atomic mass is 9.87. The van der Waals surface area contributed by atoms with Crippen molar-refractivity contribution >= 4 is 5.69 Å². The predicted molar refractivity (Wildman–Crippen MR) is 74.1 cm³/mol. The maximum atomic E-state index is 6.06. The van der Waals surface area contributed by atoms with E-state index in [0.717, 1.165) is 24.5 Å². The lowest BCUT2D eigenvalue weighted by molar-refractivity contribution is 0.304. The number of aryl methyl sites for hydroxylation is 1. The minimum absolute atomic E-state index is 0.413. The molecule has 0 radical (unpaired) electrons. The van der Waals surface area contributed by atoms with Gasteiger partial charge in [-0.1, -0.05) is 0 Å². The minimum atomic E-state index is 0.413. The average molecular weight is 246 g/mol. The molecule has 0 unspecified atom stereocenters. The molecule has 3 nitrogen and oxygen atoms in total. The van der Waals surface area contributed by atoms with Gasteiger partial charge in [-0.05, 0) is 74.9 Å². The first-order valence-corrected chi connectivity index (χ1v) is 7.01. The summed E-state index contributed by atoms with van der Waals surface area (Å²) in [6.07, 6.45) is 5.20. The maximum Gasteiger partial charge on any atom is 0.142 e. The largest absolute Gasteiger partial charge is 0.488 e. The second-order valence-corrected chi connectivity index (χ2v) is 5.59. The fraction of sp³-hybridized carbons (Fsp3) is 0.600. The molecule has 0 amide bonds. The van der Waals surface area contributed by atoms with Crippen molar-refractivity contribution in [2.24, 2.45) is 0 Å². The summed E-state index contributed by atoms with van der Waals surface area (Å²) in [7, 11) is 0. The first-order chi connectivity index (χ1) is 8.74. The molecule has 1 heterocycles. The zero-order chi connectivity index (χ0) is 12.5. The molecule has 1 aliphatic heterocycles. The fourth-order valence-electron chi connectivity index (χ4n) is 2.77. The summed E-state index contributed by atoms with van der Waals surface area (Å²) in [5.41, 5.74) is 9.59. The zero-order valence-electron chi connectivity index (χ0n) is 11.0. The number of nitrogens with one attached hydrogen (secondary N) is 1. The Labute approximate surface area is 109 Å². The number of benzene rings is 1. The predicted octanol–water partition coefficient (Wildman–Crippen LogP) is 2.59. The van der Waals surface area contributed by atoms with E-state index in [4.69, 9.17) is 10.5 Å². The van der Waals surface area contributed by atoms with E-state index in [9.17, 15) is 0 Å². The number of rotatable bonds is 3. The normalized spacial score (nSPS) is 20.9. The molecule has 18 heavy (non-hydrogen) atoms. The van der Waals surface area contributed by atoms with Crippen molar-refractivity contribution in [3.63, 3.8) is 0 Å². The third-order valence-corrected chi connectivity index (χ3v) is 4.00. The molecule has 1 aromatic carbocycles. The van der Waals surface area contributed by atoms with Gasteiger partial charge in [0.15, 0.2) is 0 Å². The van der Waals surface area contributed by atoms with Gasteiger partial charge in [0.05, 0.1) is 11.8 Å². The summed E-state index contributed by atoms with van der Waals surface area (Å²) in [6, 6.07) is 4.27. The Bertz CT molecular complexity index is 434. The van der Waals surface area contributed by atoms with Crippen LogP contribution in [-0.2, 0) is 0 Å². The standard InChI is InChI=1S/C15H22N2O/c1-10-8-14(16)15(18-12-2-3-12)9-13(10)11-4-6-17-7-5-11/h8-9,11-12,17H,2-7,16H2,1H3. The van der Waals surface area contributed by atoms with Crippen molar-refractivity contribution in [2.45, 2.75) is 44.6 Å². The Morgan fingerprint density at radius 3 is 2.56 bits per heavy atom. The molecule has 3 heteroatoms. The molecule has 3 N–H and O–H groups in total. The average Bonchev–Trinajstić information content (AvgIpc) is 3.18. The van der Waals surface area contributed by atoms with Gasteiger partial charge in [-0.15, -0.1) is 0 Å². The van der Waals surface area contributed by atoms with Crippen molar-refractivity contribution in [1.82, 2.24) is 5.32 Å². The number of hydrogen-bond acceptors (Lipinski definition) is 3. The highest BCUT2D eigenvalue weighted by atomic mass is 16.5. The number of ether oxygens (including phenoxy) is 1.